The Balaban J connectivity index is 2.17. The topological polar surface area (TPSA) is 55.3 Å². The molecule has 0 aromatic carbocycles. The number of esters is 1. The summed E-state index contributed by atoms with van der Waals surface area (Å²) in [6.07, 6.45) is 5.17. The van der Waals surface area contributed by atoms with Crippen LogP contribution in [0.3, 0.4) is 0 Å². The normalized spacial score (nSPS) is 15.9. The fourth-order valence-corrected chi connectivity index (χ4v) is 1.81. The van der Waals surface area contributed by atoms with E-state index in [1.807, 2.05) is 0 Å². The van der Waals surface area contributed by atoms with Crippen LogP contribution in [0.1, 0.15) is 29.8 Å². The number of hydrogen-bond donors (Lipinski definition) is 0. The van der Waals surface area contributed by atoms with Crippen LogP contribution in [-0.4, -0.2) is 36.1 Å². The highest BCUT2D eigenvalue weighted by Crippen LogP contribution is 2.15. The minimum Gasteiger partial charge on any atom is -0.464 e. The molecule has 1 saturated heterocycles. The Morgan fingerprint density at radius 2 is 2.12 bits per heavy atom. The van der Waals surface area contributed by atoms with E-state index in [1.54, 1.807) is 12.3 Å². The van der Waals surface area contributed by atoms with Gasteiger partial charge >= 0.3 is 5.97 Å². The van der Waals surface area contributed by atoms with E-state index in [4.69, 9.17) is 0 Å². The van der Waals surface area contributed by atoms with Gasteiger partial charge in [0, 0.05) is 19.3 Å². The number of carbonyl (C=O) groups excluding carboxylic acids is 1. The van der Waals surface area contributed by atoms with Crippen molar-refractivity contribution >= 4 is 11.9 Å². The maximum absolute atomic E-state index is 11.3. The fraction of sp³-hybridized carbons (Fsp3) is 0.545. The number of piperidine rings is 1. The Kier molecular flexibility index (Phi) is 3.34. The van der Waals surface area contributed by atoms with Gasteiger partial charge in [-0.2, -0.15) is 0 Å². The van der Waals surface area contributed by atoms with Gasteiger partial charge in [-0.1, -0.05) is 0 Å². The second-order valence-corrected chi connectivity index (χ2v) is 3.78. The molecule has 2 heterocycles. The van der Waals surface area contributed by atoms with Gasteiger partial charge in [0.1, 0.15) is 0 Å². The van der Waals surface area contributed by atoms with Crippen molar-refractivity contribution < 1.29 is 9.53 Å². The summed E-state index contributed by atoms with van der Waals surface area (Å²) >= 11 is 0. The Hall–Kier alpha value is -1.65. The van der Waals surface area contributed by atoms with Gasteiger partial charge < -0.3 is 9.64 Å². The maximum Gasteiger partial charge on any atom is 0.356 e. The zero-order valence-electron chi connectivity index (χ0n) is 9.35. The number of ether oxygens (including phenoxy) is 1. The van der Waals surface area contributed by atoms with Gasteiger partial charge in [0.25, 0.3) is 0 Å². The molecular weight excluding hydrogens is 206 g/mol. The minimum absolute atomic E-state index is 0.318. The molecule has 0 aliphatic carbocycles. The zero-order valence-corrected chi connectivity index (χ0v) is 9.35. The van der Waals surface area contributed by atoms with Crippen LogP contribution in [0.25, 0.3) is 0 Å². The molecule has 0 saturated carbocycles. The Bertz CT molecular complexity index is 375. The number of hydrogen-bond acceptors (Lipinski definition) is 5. The molecule has 0 N–H and O–H groups in total. The van der Waals surface area contributed by atoms with E-state index in [1.165, 1.54) is 13.5 Å². The largest absolute Gasteiger partial charge is 0.464 e. The van der Waals surface area contributed by atoms with Crippen molar-refractivity contribution in [2.24, 2.45) is 0 Å². The number of nitrogens with zero attached hydrogens (tertiary/aromatic N) is 3. The molecule has 1 fully saturated rings. The maximum atomic E-state index is 11.3. The predicted molar refractivity (Wildman–Crippen MR) is 59.4 cm³/mol. The van der Waals surface area contributed by atoms with E-state index >= 15 is 0 Å². The van der Waals surface area contributed by atoms with Crippen LogP contribution in [0.4, 0.5) is 5.95 Å². The van der Waals surface area contributed by atoms with Gasteiger partial charge in [-0.3, -0.25) is 0 Å². The molecule has 1 aliphatic rings. The first-order valence-corrected chi connectivity index (χ1v) is 5.47. The average Bonchev–Trinajstić information content (AvgIpc) is 2.39. The van der Waals surface area contributed by atoms with Crippen LogP contribution in [0.5, 0.6) is 0 Å². The van der Waals surface area contributed by atoms with Crippen molar-refractivity contribution in [1.29, 1.82) is 0 Å². The monoisotopic (exact) mass is 221 g/mol. The summed E-state index contributed by atoms with van der Waals surface area (Å²) in [4.78, 5) is 21.8. The third-order valence-corrected chi connectivity index (χ3v) is 2.68. The molecular formula is C11H15N3O2. The smallest absolute Gasteiger partial charge is 0.356 e. The summed E-state index contributed by atoms with van der Waals surface area (Å²) in [5.41, 5.74) is 0.318. The van der Waals surface area contributed by atoms with Crippen molar-refractivity contribution in [2.45, 2.75) is 19.3 Å². The quantitative estimate of drug-likeness (QED) is 0.703. The van der Waals surface area contributed by atoms with Crippen LogP contribution >= 0.6 is 0 Å². The molecule has 0 spiro atoms. The van der Waals surface area contributed by atoms with Gasteiger partial charge in [0.05, 0.1) is 7.11 Å². The summed E-state index contributed by atoms with van der Waals surface area (Å²) in [6.45, 7) is 1.93. The number of methoxy groups -OCH3 is 1. The van der Waals surface area contributed by atoms with E-state index in [-0.39, 0.29) is 0 Å². The van der Waals surface area contributed by atoms with Crippen molar-refractivity contribution in [3.63, 3.8) is 0 Å². The summed E-state index contributed by atoms with van der Waals surface area (Å²) < 4.78 is 4.63. The predicted octanol–water partition coefficient (Wildman–Crippen LogP) is 1.25. The molecule has 16 heavy (non-hydrogen) atoms. The molecule has 2 rings (SSSR count). The van der Waals surface area contributed by atoms with Gasteiger partial charge in [-0.25, -0.2) is 14.8 Å². The number of aromatic nitrogens is 2. The second-order valence-electron chi connectivity index (χ2n) is 3.78. The van der Waals surface area contributed by atoms with Gasteiger partial charge in [0.15, 0.2) is 5.69 Å². The summed E-state index contributed by atoms with van der Waals surface area (Å²) in [5, 5.41) is 0. The zero-order chi connectivity index (χ0) is 11.4. The standard InChI is InChI=1S/C11H15N3O2/c1-16-10(15)9-5-6-12-11(13-9)14-7-3-2-4-8-14/h5-6H,2-4,7-8H2,1H3. The average molecular weight is 221 g/mol. The summed E-state index contributed by atoms with van der Waals surface area (Å²) in [5.74, 6) is 0.211. The van der Waals surface area contributed by atoms with Crippen LogP contribution < -0.4 is 4.90 Å². The third kappa shape index (κ3) is 2.29. The van der Waals surface area contributed by atoms with Crippen LogP contribution in [0, 0.1) is 0 Å². The van der Waals surface area contributed by atoms with Crippen molar-refractivity contribution in [1.82, 2.24) is 9.97 Å². The molecule has 0 amide bonds. The van der Waals surface area contributed by atoms with Crippen molar-refractivity contribution in [3.8, 4) is 0 Å². The van der Waals surface area contributed by atoms with E-state index in [0.29, 0.717) is 11.6 Å². The highest BCUT2D eigenvalue weighted by atomic mass is 16.5. The second kappa shape index (κ2) is 4.92. The van der Waals surface area contributed by atoms with E-state index < -0.39 is 5.97 Å². The highest BCUT2D eigenvalue weighted by molar-refractivity contribution is 5.87. The summed E-state index contributed by atoms with van der Waals surface area (Å²) in [7, 11) is 1.35. The third-order valence-electron chi connectivity index (χ3n) is 2.68. The first-order chi connectivity index (χ1) is 7.81. The van der Waals surface area contributed by atoms with Crippen LogP contribution in [0.15, 0.2) is 12.3 Å². The molecule has 0 unspecified atom stereocenters. The fourth-order valence-electron chi connectivity index (χ4n) is 1.81. The molecule has 0 bridgehead atoms. The molecule has 1 aromatic rings. The lowest BCUT2D eigenvalue weighted by Gasteiger charge is -2.26. The molecule has 0 radical (unpaired) electrons. The molecule has 5 heteroatoms. The Morgan fingerprint density at radius 3 is 2.81 bits per heavy atom. The van der Waals surface area contributed by atoms with Crippen molar-refractivity contribution in [3.05, 3.63) is 18.0 Å². The first kappa shape index (κ1) is 10.9. The lowest BCUT2D eigenvalue weighted by atomic mass is 10.1. The van der Waals surface area contributed by atoms with Crippen LogP contribution in [0.2, 0.25) is 0 Å². The minimum atomic E-state index is -0.416. The SMILES string of the molecule is COC(=O)c1ccnc(N2CCCCC2)n1. The molecule has 5 nitrogen and oxygen atoms in total. The van der Waals surface area contributed by atoms with Gasteiger partial charge in [-0.05, 0) is 25.3 Å². The van der Waals surface area contributed by atoms with E-state index in [2.05, 4.69) is 19.6 Å². The first-order valence-electron chi connectivity index (χ1n) is 5.47. The lowest BCUT2D eigenvalue weighted by molar-refractivity contribution is 0.0594. The highest BCUT2D eigenvalue weighted by Gasteiger charge is 2.15. The molecule has 86 valence electrons. The Morgan fingerprint density at radius 1 is 1.38 bits per heavy atom. The van der Waals surface area contributed by atoms with E-state index in [9.17, 15) is 4.79 Å². The van der Waals surface area contributed by atoms with E-state index in [0.717, 1.165) is 25.9 Å². The number of rotatable bonds is 2. The molecule has 1 aliphatic heterocycles. The van der Waals surface area contributed by atoms with Crippen LogP contribution in [-0.2, 0) is 4.74 Å². The molecule has 0 atom stereocenters. The molecule has 1 aromatic heterocycles. The number of anilines is 1. The van der Waals surface area contributed by atoms with Gasteiger partial charge in [-0.15, -0.1) is 0 Å². The Labute approximate surface area is 94.5 Å². The van der Waals surface area contributed by atoms with Gasteiger partial charge in [0.2, 0.25) is 5.95 Å². The number of carbonyl (C=O) groups is 1. The summed E-state index contributed by atoms with van der Waals surface area (Å²) in [6, 6.07) is 1.57. The van der Waals surface area contributed by atoms with Crippen molar-refractivity contribution in [2.75, 3.05) is 25.1 Å². The lowest BCUT2D eigenvalue weighted by Crippen LogP contribution is -2.31.